The Labute approximate surface area is 465 Å². The molecule has 14 heteroatoms. The highest BCUT2D eigenvalue weighted by Gasteiger charge is 2.44. The largest absolute Gasteiger partial charge is 0.462 e. The van der Waals surface area contributed by atoms with Gasteiger partial charge in [-0.2, -0.15) is 0 Å². The van der Waals surface area contributed by atoms with Crippen molar-refractivity contribution < 1.29 is 49.0 Å². The summed E-state index contributed by atoms with van der Waals surface area (Å²) in [5, 5.41) is 41.3. The van der Waals surface area contributed by atoms with Crippen molar-refractivity contribution in [1.82, 2.24) is 9.91 Å². The van der Waals surface area contributed by atoms with Gasteiger partial charge >= 0.3 is 11.9 Å². The van der Waals surface area contributed by atoms with Crippen LogP contribution in [0.1, 0.15) is 291 Å². The second-order valence-corrected chi connectivity index (χ2v) is 22.6. The Morgan fingerprint density at radius 1 is 0.487 bits per heavy atom. The number of hydrogen-bond donors (Lipinski definition) is 6. The average Bonchev–Trinajstić information content (AvgIpc) is 3.40. The van der Waals surface area contributed by atoms with Crippen molar-refractivity contribution >= 4 is 11.9 Å². The highest BCUT2D eigenvalue weighted by Crippen LogP contribution is 2.23. The van der Waals surface area contributed by atoms with Gasteiger partial charge in [0, 0.05) is 37.7 Å². The number of rotatable bonds is 55. The fourth-order valence-corrected chi connectivity index (χ4v) is 10.3. The number of carbonyl (C=O) groups excluding carboxylic acids is 2. The van der Waals surface area contributed by atoms with Crippen LogP contribution in [0.2, 0.25) is 0 Å². The monoisotopic (exact) mass is 1080 g/mol. The molecular formula is C62H122N4O10. The van der Waals surface area contributed by atoms with Gasteiger partial charge in [0.05, 0.1) is 19.8 Å². The second-order valence-electron chi connectivity index (χ2n) is 22.6. The molecule has 1 heterocycles. The van der Waals surface area contributed by atoms with Crippen LogP contribution in [0.15, 0.2) is 11.9 Å². The molecule has 450 valence electrons. The van der Waals surface area contributed by atoms with E-state index in [9.17, 15) is 30.0 Å². The maximum absolute atomic E-state index is 13.0. The summed E-state index contributed by atoms with van der Waals surface area (Å²) in [5.41, 5.74) is 7.11. The molecule has 0 aromatic carbocycles. The molecule has 76 heavy (non-hydrogen) atoms. The summed E-state index contributed by atoms with van der Waals surface area (Å²) in [4.78, 5) is 28.5. The molecular weight excluding hydrogens is 961 g/mol. The number of aliphatic hydroxyl groups is 4. The first-order valence-corrected chi connectivity index (χ1v) is 32.0. The average molecular weight is 1080 g/mol. The minimum atomic E-state index is -1.51. The van der Waals surface area contributed by atoms with E-state index in [-0.39, 0.29) is 37.3 Å². The molecule has 8 N–H and O–H groups in total. The standard InChI is InChI=1S/C62H122N4O10/c1-5-9-13-17-23-31-39-54(40-32-24-18-14-10-6-2)74-57(68)43-35-27-21-29-37-46-65(48-45-53(63)51-66(64)49-50-73-62-61(72)60(71)59(70)56(52-67)76-62)47-38-30-22-28-36-44-58(69)75-55(41-33-25-19-15-11-7-3)42-34-26-20-16-12-8-4/h51,54-56,59-62,67,70-72H,5-50,52,63-64H2,1-4H3/b53-51-/t56?,59-,60?,61?,62+/m1/s1. The van der Waals surface area contributed by atoms with E-state index < -0.39 is 37.3 Å². The van der Waals surface area contributed by atoms with E-state index in [1.807, 2.05) is 0 Å². The lowest BCUT2D eigenvalue weighted by atomic mass is 9.99. The first-order chi connectivity index (χ1) is 37.0. The predicted molar refractivity (Wildman–Crippen MR) is 311 cm³/mol. The lowest BCUT2D eigenvalue weighted by molar-refractivity contribution is -0.301. The molecule has 3 unspecified atom stereocenters. The van der Waals surface area contributed by atoms with Crippen LogP contribution >= 0.6 is 0 Å². The van der Waals surface area contributed by atoms with Crippen LogP contribution in [-0.2, 0) is 28.5 Å². The summed E-state index contributed by atoms with van der Waals surface area (Å²) in [6.07, 6.45) is 41.0. The molecule has 1 aliphatic rings. The minimum Gasteiger partial charge on any atom is -0.462 e. The Kier molecular flexibility index (Phi) is 48.4. The lowest BCUT2D eigenvalue weighted by Gasteiger charge is -2.39. The van der Waals surface area contributed by atoms with Crippen LogP contribution in [0.4, 0.5) is 0 Å². The van der Waals surface area contributed by atoms with Crippen molar-refractivity contribution in [2.75, 3.05) is 39.4 Å². The predicted octanol–water partition coefficient (Wildman–Crippen LogP) is 13.0. The molecule has 0 aromatic rings. The zero-order chi connectivity index (χ0) is 55.7. The highest BCUT2D eigenvalue weighted by atomic mass is 16.7. The van der Waals surface area contributed by atoms with E-state index in [0.29, 0.717) is 25.0 Å². The Morgan fingerprint density at radius 3 is 1.25 bits per heavy atom. The maximum Gasteiger partial charge on any atom is 0.306 e. The molecule has 5 atom stereocenters. The van der Waals surface area contributed by atoms with E-state index in [0.717, 1.165) is 135 Å². The van der Waals surface area contributed by atoms with E-state index >= 15 is 0 Å². The van der Waals surface area contributed by atoms with Gasteiger partial charge in [0.1, 0.15) is 36.6 Å². The second kappa shape index (κ2) is 51.1. The number of esters is 2. The zero-order valence-corrected chi connectivity index (χ0v) is 49.6. The number of hydrazine groups is 1. The summed E-state index contributed by atoms with van der Waals surface area (Å²) < 4.78 is 23.2. The molecule has 0 amide bonds. The highest BCUT2D eigenvalue weighted by molar-refractivity contribution is 5.69. The third-order valence-corrected chi connectivity index (χ3v) is 15.4. The Bertz CT molecular complexity index is 1250. The van der Waals surface area contributed by atoms with E-state index in [1.165, 1.54) is 133 Å². The molecule has 0 spiro atoms. The van der Waals surface area contributed by atoms with E-state index in [2.05, 4.69) is 32.6 Å². The lowest BCUT2D eigenvalue weighted by Crippen LogP contribution is -2.59. The Morgan fingerprint density at radius 2 is 0.855 bits per heavy atom. The van der Waals surface area contributed by atoms with E-state index in [1.54, 1.807) is 6.20 Å². The smallest absolute Gasteiger partial charge is 0.306 e. The number of aliphatic hydroxyl groups excluding tert-OH is 4. The third kappa shape index (κ3) is 40.2. The van der Waals surface area contributed by atoms with Crippen LogP contribution in [-0.4, -0.2) is 125 Å². The van der Waals surface area contributed by atoms with Crippen LogP contribution in [0.3, 0.4) is 0 Å². The fraction of sp³-hybridized carbons (Fsp3) is 0.935. The molecule has 14 nitrogen and oxygen atoms in total. The summed E-state index contributed by atoms with van der Waals surface area (Å²) in [7, 11) is 0. The number of carbonyl (C=O) groups is 2. The van der Waals surface area contributed by atoms with Gasteiger partial charge in [0.2, 0.25) is 0 Å². The van der Waals surface area contributed by atoms with Gasteiger partial charge < -0.3 is 55.0 Å². The fourth-order valence-electron chi connectivity index (χ4n) is 10.3. The number of nitrogens with zero attached hydrogens (tertiary/aromatic N) is 2. The van der Waals surface area contributed by atoms with Crippen molar-refractivity contribution in [2.45, 2.75) is 334 Å². The molecule has 0 saturated carbocycles. The van der Waals surface area contributed by atoms with Gasteiger partial charge in [-0.1, -0.05) is 195 Å². The number of hydrogen-bond acceptors (Lipinski definition) is 14. The van der Waals surface area contributed by atoms with E-state index in [4.69, 9.17) is 30.5 Å². The third-order valence-electron chi connectivity index (χ3n) is 15.4. The molecule has 1 rings (SSSR count). The normalized spacial score (nSPS) is 18.1. The first kappa shape index (κ1) is 72.0. The Hall–Kier alpha value is -2.04. The van der Waals surface area contributed by atoms with Gasteiger partial charge in [0.15, 0.2) is 6.29 Å². The summed E-state index contributed by atoms with van der Waals surface area (Å²) in [6.45, 7) is 11.5. The molecule has 0 bridgehead atoms. The van der Waals surface area contributed by atoms with Gasteiger partial charge in [0.25, 0.3) is 0 Å². The number of unbranched alkanes of at least 4 members (excludes halogenated alkanes) is 28. The van der Waals surface area contributed by atoms with Crippen LogP contribution in [0.5, 0.6) is 0 Å². The summed E-state index contributed by atoms with van der Waals surface area (Å²) in [6, 6.07) is 0. The molecule has 0 radical (unpaired) electrons. The first-order valence-electron chi connectivity index (χ1n) is 32.0. The topological polar surface area (TPSA) is 210 Å². The van der Waals surface area contributed by atoms with Gasteiger partial charge in [-0.3, -0.25) is 9.59 Å². The maximum atomic E-state index is 13.0. The van der Waals surface area contributed by atoms with Gasteiger partial charge in [-0.15, -0.1) is 0 Å². The SMILES string of the molecule is CCCCCCCCC(CCCCCCCC)OC(=O)CCCCCCCN(CCCCCCCC(=O)OC(CCCCCCCC)CCCCCCCC)CC/C(N)=C/N(N)CCO[C@H]1OC(CO)[C@@H](O)C(O)C1O. The molecule has 1 saturated heterocycles. The molecule has 1 aliphatic heterocycles. The van der Waals surface area contributed by atoms with Crippen molar-refractivity contribution in [3.8, 4) is 0 Å². The summed E-state index contributed by atoms with van der Waals surface area (Å²) >= 11 is 0. The van der Waals surface area contributed by atoms with Crippen LogP contribution in [0, 0.1) is 0 Å². The van der Waals surface area contributed by atoms with Crippen molar-refractivity contribution in [1.29, 1.82) is 0 Å². The van der Waals surface area contributed by atoms with Crippen molar-refractivity contribution in [3.05, 3.63) is 11.9 Å². The van der Waals surface area contributed by atoms with Gasteiger partial charge in [-0.25, -0.2) is 5.84 Å². The zero-order valence-electron chi connectivity index (χ0n) is 49.6. The van der Waals surface area contributed by atoms with Gasteiger partial charge in [-0.05, 0) is 90.1 Å². The molecule has 0 aromatic heterocycles. The minimum absolute atomic E-state index is 0.0256. The molecule has 0 aliphatic carbocycles. The van der Waals surface area contributed by atoms with Crippen LogP contribution in [0.25, 0.3) is 0 Å². The molecule has 1 fully saturated rings. The Balaban J connectivity index is 2.66. The number of ether oxygens (including phenoxy) is 4. The summed E-state index contributed by atoms with van der Waals surface area (Å²) in [5.74, 6) is 6.19. The number of nitrogens with two attached hydrogens (primary N) is 2. The van der Waals surface area contributed by atoms with Crippen molar-refractivity contribution in [3.63, 3.8) is 0 Å². The quantitative estimate of drug-likeness (QED) is 0.0145. The van der Waals surface area contributed by atoms with Crippen molar-refractivity contribution in [2.24, 2.45) is 11.6 Å². The van der Waals surface area contributed by atoms with Crippen LogP contribution < -0.4 is 11.6 Å².